The van der Waals surface area contributed by atoms with Gasteiger partial charge in [-0.2, -0.15) is 5.10 Å². The SMILES string of the molecule is Cc1nnc(NCc2ccco2)c(C(=O)O)c1C. The third kappa shape index (κ3) is 2.32. The number of aromatic nitrogens is 2. The van der Waals surface area contributed by atoms with E-state index in [-0.39, 0.29) is 11.4 Å². The summed E-state index contributed by atoms with van der Waals surface area (Å²) < 4.78 is 5.15. The normalized spacial score (nSPS) is 10.3. The van der Waals surface area contributed by atoms with Crippen molar-refractivity contribution in [3.63, 3.8) is 0 Å². The van der Waals surface area contributed by atoms with Crippen LogP contribution >= 0.6 is 0 Å². The Morgan fingerprint density at radius 1 is 1.44 bits per heavy atom. The lowest BCUT2D eigenvalue weighted by molar-refractivity contribution is 0.0696. The molecule has 2 N–H and O–H groups in total. The Hall–Kier alpha value is -2.37. The molecule has 18 heavy (non-hydrogen) atoms. The summed E-state index contributed by atoms with van der Waals surface area (Å²) in [4.78, 5) is 11.2. The summed E-state index contributed by atoms with van der Waals surface area (Å²) in [6.45, 7) is 3.81. The van der Waals surface area contributed by atoms with Crippen LogP contribution in [0.2, 0.25) is 0 Å². The minimum Gasteiger partial charge on any atom is -0.478 e. The van der Waals surface area contributed by atoms with Crippen LogP contribution < -0.4 is 5.32 Å². The molecule has 2 heterocycles. The van der Waals surface area contributed by atoms with Gasteiger partial charge in [-0.15, -0.1) is 5.10 Å². The van der Waals surface area contributed by atoms with E-state index in [0.717, 1.165) is 0 Å². The molecule has 2 aromatic rings. The van der Waals surface area contributed by atoms with E-state index in [0.29, 0.717) is 23.6 Å². The van der Waals surface area contributed by atoms with E-state index in [1.807, 2.05) is 0 Å². The zero-order valence-electron chi connectivity index (χ0n) is 10.1. The molecule has 0 atom stereocenters. The van der Waals surface area contributed by atoms with Crippen molar-refractivity contribution >= 4 is 11.8 Å². The summed E-state index contributed by atoms with van der Waals surface area (Å²) in [5, 5.41) is 19.9. The highest BCUT2D eigenvalue weighted by atomic mass is 16.4. The molecule has 0 aliphatic carbocycles. The van der Waals surface area contributed by atoms with Crippen molar-refractivity contribution in [1.29, 1.82) is 0 Å². The fraction of sp³-hybridized carbons (Fsp3) is 0.250. The minimum absolute atomic E-state index is 0.147. The lowest BCUT2D eigenvalue weighted by atomic mass is 10.1. The van der Waals surface area contributed by atoms with Crippen molar-refractivity contribution in [2.75, 3.05) is 5.32 Å². The molecule has 0 amide bonds. The fourth-order valence-corrected chi connectivity index (χ4v) is 1.58. The molecule has 0 bridgehead atoms. The molecule has 6 nitrogen and oxygen atoms in total. The van der Waals surface area contributed by atoms with Gasteiger partial charge in [-0.1, -0.05) is 0 Å². The van der Waals surface area contributed by atoms with E-state index in [1.54, 1.807) is 32.2 Å². The van der Waals surface area contributed by atoms with E-state index < -0.39 is 5.97 Å². The van der Waals surface area contributed by atoms with Gasteiger partial charge >= 0.3 is 5.97 Å². The first-order valence-corrected chi connectivity index (χ1v) is 5.43. The van der Waals surface area contributed by atoms with E-state index in [2.05, 4.69) is 15.5 Å². The predicted molar refractivity (Wildman–Crippen MR) is 64.5 cm³/mol. The van der Waals surface area contributed by atoms with Gasteiger partial charge < -0.3 is 14.8 Å². The van der Waals surface area contributed by atoms with Crippen LogP contribution in [0.4, 0.5) is 5.82 Å². The van der Waals surface area contributed by atoms with Gasteiger partial charge in [-0.05, 0) is 31.5 Å². The molecule has 94 valence electrons. The Labute approximate surface area is 104 Å². The Morgan fingerprint density at radius 3 is 2.83 bits per heavy atom. The number of aromatic carboxylic acids is 1. The lowest BCUT2D eigenvalue weighted by Gasteiger charge is -2.10. The molecule has 0 radical (unpaired) electrons. The van der Waals surface area contributed by atoms with Crippen LogP contribution in [0.15, 0.2) is 22.8 Å². The molecule has 0 unspecified atom stereocenters. The maximum absolute atomic E-state index is 11.2. The van der Waals surface area contributed by atoms with Crippen LogP contribution in [0.1, 0.15) is 27.4 Å². The van der Waals surface area contributed by atoms with Gasteiger partial charge in [0.2, 0.25) is 0 Å². The van der Waals surface area contributed by atoms with Gasteiger partial charge in [0.1, 0.15) is 11.3 Å². The summed E-state index contributed by atoms with van der Waals surface area (Å²) in [7, 11) is 0. The van der Waals surface area contributed by atoms with Gasteiger partial charge in [-0.25, -0.2) is 4.79 Å². The zero-order valence-corrected chi connectivity index (χ0v) is 10.1. The van der Waals surface area contributed by atoms with Gasteiger partial charge in [-0.3, -0.25) is 0 Å². The third-order valence-electron chi connectivity index (χ3n) is 2.68. The number of anilines is 1. The van der Waals surface area contributed by atoms with Crippen molar-refractivity contribution in [3.05, 3.63) is 41.0 Å². The number of furan rings is 1. The fourth-order valence-electron chi connectivity index (χ4n) is 1.58. The number of carbonyl (C=O) groups is 1. The highest BCUT2D eigenvalue weighted by Crippen LogP contribution is 2.19. The molecular formula is C12H13N3O3. The topological polar surface area (TPSA) is 88.3 Å². The van der Waals surface area contributed by atoms with Crippen LogP contribution in [0, 0.1) is 13.8 Å². The summed E-state index contributed by atoms with van der Waals surface area (Å²) in [5.41, 5.74) is 1.37. The minimum atomic E-state index is -1.02. The van der Waals surface area contributed by atoms with Crippen LogP contribution in [0.5, 0.6) is 0 Å². The molecule has 0 aromatic carbocycles. The molecule has 0 saturated heterocycles. The second-order valence-electron chi connectivity index (χ2n) is 3.87. The van der Waals surface area contributed by atoms with Gasteiger partial charge in [0, 0.05) is 0 Å². The summed E-state index contributed by atoms with van der Waals surface area (Å²) in [5.74, 6) is -0.0687. The first kappa shape index (κ1) is 12.1. The largest absolute Gasteiger partial charge is 0.478 e. The molecule has 2 rings (SSSR count). The molecule has 0 aliphatic rings. The van der Waals surface area contributed by atoms with Crippen LogP contribution in [-0.2, 0) is 6.54 Å². The molecule has 0 spiro atoms. The third-order valence-corrected chi connectivity index (χ3v) is 2.68. The second kappa shape index (κ2) is 4.87. The van der Waals surface area contributed by atoms with Crippen LogP contribution in [0.3, 0.4) is 0 Å². The average molecular weight is 247 g/mol. The smallest absolute Gasteiger partial charge is 0.339 e. The van der Waals surface area contributed by atoms with E-state index >= 15 is 0 Å². The van der Waals surface area contributed by atoms with Crippen molar-refractivity contribution in [2.24, 2.45) is 0 Å². The number of carboxylic acid groups (broad SMARTS) is 1. The summed E-state index contributed by atoms with van der Waals surface area (Å²) in [6.07, 6.45) is 1.56. The average Bonchev–Trinajstić information content (AvgIpc) is 2.83. The molecular weight excluding hydrogens is 234 g/mol. The maximum atomic E-state index is 11.2. The maximum Gasteiger partial charge on any atom is 0.339 e. The van der Waals surface area contributed by atoms with Crippen molar-refractivity contribution in [1.82, 2.24) is 10.2 Å². The van der Waals surface area contributed by atoms with Crippen molar-refractivity contribution < 1.29 is 14.3 Å². The number of nitrogens with one attached hydrogen (secondary N) is 1. The van der Waals surface area contributed by atoms with E-state index in [9.17, 15) is 9.90 Å². The summed E-state index contributed by atoms with van der Waals surface area (Å²) in [6, 6.07) is 3.56. The molecule has 0 aliphatic heterocycles. The molecule has 2 aromatic heterocycles. The molecule has 0 fully saturated rings. The van der Waals surface area contributed by atoms with E-state index in [1.165, 1.54) is 0 Å². The first-order valence-electron chi connectivity index (χ1n) is 5.43. The summed E-state index contributed by atoms with van der Waals surface area (Å²) >= 11 is 0. The number of rotatable bonds is 4. The number of hydrogen-bond acceptors (Lipinski definition) is 5. The van der Waals surface area contributed by atoms with Gasteiger partial charge in [0.05, 0.1) is 18.5 Å². The Bertz CT molecular complexity index is 564. The monoisotopic (exact) mass is 247 g/mol. The zero-order chi connectivity index (χ0) is 13.1. The predicted octanol–water partition coefficient (Wildman–Crippen LogP) is 2.00. The number of nitrogens with zero attached hydrogens (tertiary/aromatic N) is 2. The Balaban J connectivity index is 2.27. The standard InChI is InChI=1S/C12H13N3O3/c1-7-8(2)14-15-11(10(7)12(16)17)13-6-9-4-3-5-18-9/h3-5H,6H2,1-2H3,(H,13,15)(H,16,17). The first-order chi connectivity index (χ1) is 8.59. The van der Waals surface area contributed by atoms with Crippen LogP contribution in [-0.4, -0.2) is 21.3 Å². The van der Waals surface area contributed by atoms with Crippen molar-refractivity contribution in [2.45, 2.75) is 20.4 Å². The molecule has 0 saturated carbocycles. The van der Waals surface area contributed by atoms with Crippen molar-refractivity contribution in [3.8, 4) is 0 Å². The number of hydrogen-bond donors (Lipinski definition) is 2. The Kier molecular flexibility index (Phi) is 3.27. The Morgan fingerprint density at radius 2 is 2.22 bits per heavy atom. The number of carboxylic acids is 1. The van der Waals surface area contributed by atoms with E-state index in [4.69, 9.17) is 4.42 Å². The van der Waals surface area contributed by atoms with Crippen LogP contribution in [0.25, 0.3) is 0 Å². The quantitative estimate of drug-likeness (QED) is 0.859. The highest BCUT2D eigenvalue weighted by Gasteiger charge is 2.17. The van der Waals surface area contributed by atoms with Gasteiger partial charge in [0.15, 0.2) is 5.82 Å². The second-order valence-corrected chi connectivity index (χ2v) is 3.87. The molecule has 6 heteroatoms. The lowest BCUT2D eigenvalue weighted by Crippen LogP contribution is -2.12. The number of aryl methyl sites for hydroxylation is 1. The van der Waals surface area contributed by atoms with Gasteiger partial charge in [0.25, 0.3) is 0 Å². The highest BCUT2D eigenvalue weighted by molar-refractivity contribution is 5.94.